The number of benzene rings is 2. The average molecular weight is 818 g/mol. The highest BCUT2D eigenvalue weighted by molar-refractivity contribution is 5.99. The second-order valence-electron chi connectivity index (χ2n) is 15.5. The quantitative estimate of drug-likeness (QED) is 0.157. The van der Waals surface area contributed by atoms with Gasteiger partial charge >= 0.3 is 0 Å². The summed E-state index contributed by atoms with van der Waals surface area (Å²) in [7, 11) is 0. The topological polar surface area (TPSA) is 142 Å². The molecule has 0 unspecified atom stereocenters. The Labute approximate surface area is 359 Å². The fourth-order valence-corrected chi connectivity index (χ4v) is 8.33. The molecular weight excluding hydrogens is 775 g/mol. The molecule has 62 heavy (non-hydrogen) atoms. The van der Waals surface area contributed by atoms with E-state index in [0.717, 1.165) is 122 Å². The Kier molecular flexibility index (Phi) is 9.31. The standard InChI is InChI=1S/C25H21N5O.C24H20N6O/c1-2-6-18(5-1)31-19-10-11-23(27-14-19)17-13-28-25-22(15-29-30(25)16-17)20-7-3-9-24-21(20)8-4-12-26-24;1-3-19(20-4-2-9-26-23(20)5-1)21-14-29-30-15-16(11-28-24(21)30)22-7-6-17(13-27-22)31-18-8-10-25-12-18/h3-4,7-16,18H,1-2,5-6H2;1-7,9,11,13-15,18,25H,8,10,12H2/t;18-/m.0/s1/i12D;9D. The van der Waals surface area contributed by atoms with Gasteiger partial charge in [0.15, 0.2) is 11.3 Å². The summed E-state index contributed by atoms with van der Waals surface area (Å²) in [4.78, 5) is 27.2. The molecule has 304 valence electrons. The third-order valence-corrected chi connectivity index (χ3v) is 11.5. The minimum absolute atomic E-state index is 0.208. The van der Waals surface area contributed by atoms with E-state index in [2.05, 4.69) is 40.4 Å². The third kappa shape index (κ3) is 7.43. The number of nitrogens with one attached hydrogen (secondary N) is 1. The molecule has 0 radical (unpaired) electrons. The lowest BCUT2D eigenvalue weighted by atomic mass is 10.0. The first-order valence-corrected chi connectivity index (χ1v) is 20.9. The van der Waals surface area contributed by atoms with Crippen LogP contribution in [0.3, 0.4) is 0 Å². The van der Waals surface area contributed by atoms with Gasteiger partial charge < -0.3 is 14.8 Å². The van der Waals surface area contributed by atoms with Crippen molar-refractivity contribution in [1.82, 2.24) is 54.4 Å². The largest absolute Gasteiger partial charge is 0.489 e. The molecule has 2 fully saturated rings. The van der Waals surface area contributed by atoms with Crippen LogP contribution in [0.25, 0.3) is 77.9 Å². The zero-order valence-electron chi connectivity index (χ0n) is 35.6. The minimum atomic E-state index is 0.208. The van der Waals surface area contributed by atoms with E-state index in [1.54, 1.807) is 33.6 Å². The van der Waals surface area contributed by atoms with Crippen molar-refractivity contribution in [2.45, 2.75) is 44.3 Å². The van der Waals surface area contributed by atoms with E-state index in [0.29, 0.717) is 6.10 Å². The van der Waals surface area contributed by atoms with Crippen molar-refractivity contribution in [2.24, 2.45) is 0 Å². The maximum atomic E-state index is 7.77. The first-order chi connectivity index (χ1) is 31.5. The molecule has 1 atom stereocenters. The van der Waals surface area contributed by atoms with Crippen LogP contribution < -0.4 is 14.8 Å². The zero-order valence-corrected chi connectivity index (χ0v) is 33.6. The van der Waals surface area contributed by atoms with Gasteiger partial charge in [-0.1, -0.05) is 36.4 Å². The van der Waals surface area contributed by atoms with E-state index < -0.39 is 0 Å². The molecule has 1 saturated heterocycles. The highest BCUT2D eigenvalue weighted by Gasteiger charge is 2.19. The summed E-state index contributed by atoms with van der Waals surface area (Å²) in [6.07, 6.45) is 21.5. The van der Waals surface area contributed by atoms with Gasteiger partial charge in [0.05, 0.1) is 56.1 Å². The number of hydrogen-bond acceptors (Lipinski definition) is 11. The minimum Gasteiger partial charge on any atom is -0.489 e. The van der Waals surface area contributed by atoms with E-state index in [9.17, 15) is 0 Å². The molecule has 9 heterocycles. The second-order valence-corrected chi connectivity index (χ2v) is 15.5. The van der Waals surface area contributed by atoms with Crippen molar-refractivity contribution in [2.75, 3.05) is 13.1 Å². The maximum absolute atomic E-state index is 7.77. The molecule has 1 aliphatic heterocycles. The summed E-state index contributed by atoms with van der Waals surface area (Å²) in [5, 5.41) is 14.3. The van der Waals surface area contributed by atoms with Crippen LogP contribution in [0.15, 0.2) is 147 Å². The van der Waals surface area contributed by atoms with Crippen LogP contribution in [-0.4, -0.2) is 74.4 Å². The van der Waals surface area contributed by atoms with Crippen molar-refractivity contribution >= 4 is 33.1 Å². The number of nitrogens with zero attached hydrogens (tertiary/aromatic N) is 10. The maximum Gasteiger partial charge on any atom is 0.162 e. The summed E-state index contributed by atoms with van der Waals surface area (Å²) in [5.41, 5.74) is 10.3. The van der Waals surface area contributed by atoms with Gasteiger partial charge in [-0.05, 0) is 98.3 Å². The van der Waals surface area contributed by atoms with Gasteiger partial charge in [-0.3, -0.25) is 19.9 Å². The van der Waals surface area contributed by atoms with Gasteiger partial charge in [0.25, 0.3) is 0 Å². The van der Waals surface area contributed by atoms with Crippen LogP contribution in [-0.2, 0) is 0 Å². The van der Waals surface area contributed by atoms with E-state index in [1.807, 2.05) is 110 Å². The van der Waals surface area contributed by atoms with Crippen molar-refractivity contribution in [3.05, 3.63) is 147 Å². The molecular formula is C49H41N11O2. The molecule has 1 aliphatic carbocycles. The van der Waals surface area contributed by atoms with E-state index in [4.69, 9.17) is 17.2 Å². The van der Waals surface area contributed by atoms with E-state index in [-0.39, 0.29) is 18.4 Å². The molecule has 8 aromatic heterocycles. The molecule has 1 saturated carbocycles. The van der Waals surface area contributed by atoms with Gasteiger partial charge in [-0.15, -0.1) is 0 Å². The van der Waals surface area contributed by atoms with Crippen molar-refractivity contribution in [3.8, 4) is 56.3 Å². The van der Waals surface area contributed by atoms with Crippen molar-refractivity contribution < 1.29 is 12.2 Å². The SMILES string of the molecule is [2H]c1ccc2c(-c3cnn4cc(-c5ccc(OC6CCCC6)cn5)cnc34)cccc2n1.[2H]c1ccc2c(-c3cnn4cc(-c5ccc(O[C@H]6CCNC6)cn5)cnc34)cccc2n1. The highest BCUT2D eigenvalue weighted by Crippen LogP contribution is 2.33. The number of pyridine rings is 4. The van der Waals surface area contributed by atoms with Gasteiger partial charge in [0.1, 0.15) is 17.6 Å². The molecule has 2 aromatic carbocycles. The Morgan fingerprint density at radius 2 is 1.06 bits per heavy atom. The molecule has 10 aromatic rings. The average Bonchev–Trinajstić information content (AvgIpc) is 4.18. The molecule has 12 rings (SSSR count). The van der Waals surface area contributed by atoms with Crippen LogP contribution in [0.2, 0.25) is 0 Å². The van der Waals surface area contributed by atoms with Crippen LogP contribution >= 0.6 is 0 Å². The Morgan fingerprint density at radius 1 is 0.516 bits per heavy atom. The Hall–Kier alpha value is -7.64. The van der Waals surface area contributed by atoms with Crippen molar-refractivity contribution in [1.29, 1.82) is 0 Å². The predicted molar refractivity (Wildman–Crippen MR) is 239 cm³/mol. The number of fused-ring (bicyclic) bond motifs is 4. The summed E-state index contributed by atoms with van der Waals surface area (Å²) < 4.78 is 31.1. The first-order valence-electron chi connectivity index (χ1n) is 21.9. The van der Waals surface area contributed by atoms with Crippen LogP contribution in [0, 0.1) is 0 Å². The lowest BCUT2D eigenvalue weighted by Gasteiger charge is -2.12. The lowest BCUT2D eigenvalue weighted by molar-refractivity contribution is 0.209. The fourth-order valence-electron chi connectivity index (χ4n) is 8.33. The van der Waals surface area contributed by atoms with Crippen molar-refractivity contribution in [3.63, 3.8) is 0 Å². The van der Waals surface area contributed by atoms with E-state index >= 15 is 0 Å². The molecule has 1 N–H and O–H groups in total. The van der Waals surface area contributed by atoms with Crippen LogP contribution in [0.5, 0.6) is 11.5 Å². The number of ether oxygens (including phenoxy) is 2. The molecule has 13 heteroatoms. The number of aromatic nitrogens is 10. The summed E-state index contributed by atoms with van der Waals surface area (Å²) in [6.45, 7) is 1.87. The monoisotopic (exact) mass is 817 g/mol. The molecule has 0 spiro atoms. The molecule has 0 bridgehead atoms. The molecule has 0 amide bonds. The van der Waals surface area contributed by atoms with Gasteiger partial charge in [0, 0.05) is 76.7 Å². The van der Waals surface area contributed by atoms with Crippen LogP contribution in [0.4, 0.5) is 0 Å². The smallest absolute Gasteiger partial charge is 0.162 e. The second kappa shape index (κ2) is 16.4. The lowest BCUT2D eigenvalue weighted by Crippen LogP contribution is -2.19. The highest BCUT2D eigenvalue weighted by atomic mass is 16.5. The predicted octanol–water partition coefficient (Wildman–Crippen LogP) is 9.08. The third-order valence-electron chi connectivity index (χ3n) is 11.5. The Balaban J connectivity index is 0.000000143. The van der Waals surface area contributed by atoms with Gasteiger partial charge in [0.2, 0.25) is 0 Å². The summed E-state index contributed by atoms with van der Waals surface area (Å²) in [6, 6.07) is 26.9. The zero-order chi connectivity index (χ0) is 43.0. The first kappa shape index (κ1) is 35.1. The van der Waals surface area contributed by atoms with Gasteiger partial charge in [-0.2, -0.15) is 10.2 Å². The normalized spacial score (nSPS) is 15.8. The molecule has 2 aliphatic rings. The molecule has 13 nitrogen and oxygen atoms in total. The fraction of sp³-hybridized carbons (Fsp3) is 0.184. The van der Waals surface area contributed by atoms with Crippen LogP contribution in [0.1, 0.15) is 34.8 Å². The number of rotatable bonds is 8. The van der Waals surface area contributed by atoms with Gasteiger partial charge in [-0.25, -0.2) is 19.0 Å². The Morgan fingerprint density at radius 3 is 1.56 bits per heavy atom. The Bertz CT molecular complexity index is 3070. The number of hydrogen-bond donors (Lipinski definition) is 1. The van der Waals surface area contributed by atoms with E-state index in [1.165, 1.54) is 12.8 Å². The summed E-state index contributed by atoms with van der Waals surface area (Å²) >= 11 is 0. The summed E-state index contributed by atoms with van der Waals surface area (Å²) in [5.74, 6) is 1.59.